The fourth-order valence-electron chi connectivity index (χ4n) is 4.33. The molecule has 1 aliphatic heterocycles. The van der Waals surface area contributed by atoms with E-state index in [1.807, 2.05) is 0 Å². The Morgan fingerprint density at radius 1 is 0.867 bits per heavy atom. The molecule has 0 aliphatic carbocycles. The second-order valence-electron chi connectivity index (χ2n) is 8.21. The van der Waals surface area contributed by atoms with Crippen LogP contribution in [-0.2, 0) is 6.54 Å². The number of benzene rings is 3. The van der Waals surface area contributed by atoms with Crippen LogP contribution in [0, 0.1) is 6.92 Å². The van der Waals surface area contributed by atoms with E-state index in [4.69, 9.17) is 4.99 Å². The summed E-state index contributed by atoms with van der Waals surface area (Å²) < 4.78 is 0. The van der Waals surface area contributed by atoms with Crippen molar-refractivity contribution in [2.75, 3.05) is 13.1 Å². The van der Waals surface area contributed by atoms with Crippen molar-refractivity contribution in [3.63, 3.8) is 0 Å². The Balaban J connectivity index is 1.54. The van der Waals surface area contributed by atoms with E-state index < -0.39 is 0 Å². The largest absolute Gasteiger partial charge is 0.295 e. The third-order valence-corrected chi connectivity index (χ3v) is 5.98. The Bertz CT molecular complexity index is 1060. The predicted molar refractivity (Wildman–Crippen MR) is 128 cm³/mol. The second-order valence-corrected chi connectivity index (χ2v) is 8.21. The van der Waals surface area contributed by atoms with E-state index in [9.17, 15) is 0 Å². The maximum atomic E-state index is 5.09. The van der Waals surface area contributed by atoms with E-state index in [-0.39, 0.29) is 0 Å². The highest BCUT2D eigenvalue weighted by Gasteiger charge is 2.17. The van der Waals surface area contributed by atoms with E-state index in [2.05, 4.69) is 105 Å². The van der Waals surface area contributed by atoms with E-state index in [0.717, 1.165) is 31.8 Å². The van der Waals surface area contributed by atoms with Crippen LogP contribution >= 0.6 is 0 Å². The van der Waals surface area contributed by atoms with Gasteiger partial charge in [-0.2, -0.15) is 0 Å². The van der Waals surface area contributed by atoms with Gasteiger partial charge in [-0.05, 0) is 54.2 Å². The molecule has 0 aromatic heterocycles. The lowest BCUT2D eigenvalue weighted by molar-refractivity contribution is 0.276. The van der Waals surface area contributed by atoms with E-state index >= 15 is 0 Å². The van der Waals surface area contributed by atoms with E-state index in [0.29, 0.717) is 0 Å². The third-order valence-electron chi connectivity index (χ3n) is 5.98. The van der Waals surface area contributed by atoms with Gasteiger partial charge in [-0.3, -0.25) is 9.89 Å². The topological polar surface area (TPSA) is 15.6 Å². The summed E-state index contributed by atoms with van der Waals surface area (Å²) in [5.41, 5.74) is 10.2. The van der Waals surface area contributed by atoms with Crippen LogP contribution < -0.4 is 0 Å². The van der Waals surface area contributed by atoms with Crippen LogP contribution in [0.2, 0.25) is 0 Å². The van der Waals surface area contributed by atoms with Crippen molar-refractivity contribution in [2.24, 2.45) is 4.99 Å². The number of hydrogen-bond donors (Lipinski definition) is 0. The molecule has 2 heteroatoms. The van der Waals surface area contributed by atoms with Crippen LogP contribution in [0.3, 0.4) is 0 Å². The second kappa shape index (κ2) is 9.23. The minimum atomic E-state index is 0.990. The van der Waals surface area contributed by atoms with Crippen molar-refractivity contribution in [2.45, 2.75) is 33.7 Å². The Kier molecular flexibility index (Phi) is 6.25. The predicted octanol–water partition coefficient (Wildman–Crippen LogP) is 6.65. The van der Waals surface area contributed by atoms with Crippen LogP contribution in [0.1, 0.15) is 37.0 Å². The first-order valence-corrected chi connectivity index (χ1v) is 10.8. The van der Waals surface area contributed by atoms with Gasteiger partial charge in [0.2, 0.25) is 0 Å². The van der Waals surface area contributed by atoms with Gasteiger partial charge in [0.1, 0.15) is 0 Å². The molecule has 0 unspecified atom stereocenters. The van der Waals surface area contributed by atoms with Gasteiger partial charge in [0.25, 0.3) is 0 Å². The molecule has 1 aliphatic rings. The molecule has 1 heterocycles. The Hall–Kier alpha value is -2.97. The van der Waals surface area contributed by atoms with Crippen molar-refractivity contribution in [3.05, 3.63) is 107 Å². The van der Waals surface area contributed by atoms with Gasteiger partial charge in [0.15, 0.2) is 0 Å². The summed E-state index contributed by atoms with van der Waals surface area (Å²) in [6.07, 6.45) is 1.01. The lowest BCUT2D eigenvalue weighted by atomic mass is 9.94. The van der Waals surface area contributed by atoms with E-state index in [1.54, 1.807) is 0 Å². The Morgan fingerprint density at radius 2 is 1.57 bits per heavy atom. The van der Waals surface area contributed by atoms with Gasteiger partial charge in [0, 0.05) is 37.5 Å². The van der Waals surface area contributed by atoms with Crippen LogP contribution in [0.25, 0.3) is 11.1 Å². The molecular formula is C28H30N2. The molecule has 3 aromatic rings. The van der Waals surface area contributed by atoms with Crippen molar-refractivity contribution >= 4 is 5.71 Å². The molecule has 30 heavy (non-hydrogen) atoms. The first-order chi connectivity index (χ1) is 14.6. The molecule has 0 radical (unpaired) electrons. The van der Waals surface area contributed by atoms with Gasteiger partial charge in [0.05, 0.1) is 0 Å². The maximum Gasteiger partial charge on any atom is 0.0451 e. The molecular weight excluding hydrogens is 364 g/mol. The molecule has 0 N–H and O–H groups in total. The van der Waals surface area contributed by atoms with Crippen molar-refractivity contribution < 1.29 is 0 Å². The minimum Gasteiger partial charge on any atom is -0.295 e. The van der Waals surface area contributed by atoms with Gasteiger partial charge in [-0.15, -0.1) is 0 Å². The average Bonchev–Trinajstić information content (AvgIpc) is 2.77. The summed E-state index contributed by atoms with van der Waals surface area (Å²) in [6, 6.07) is 27.9. The van der Waals surface area contributed by atoms with Crippen molar-refractivity contribution in [1.29, 1.82) is 0 Å². The summed E-state index contributed by atoms with van der Waals surface area (Å²) in [5, 5.41) is 0. The number of nitrogens with zero attached hydrogens (tertiary/aromatic N) is 2. The fourth-order valence-corrected chi connectivity index (χ4v) is 4.33. The first kappa shape index (κ1) is 20.3. The highest BCUT2D eigenvalue weighted by Crippen LogP contribution is 2.27. The normalized spacial score (nSPS) is 15.5. The number of aliphatic imine (C=N–C) groups is 1. The van der Waals surface area contributed by atoms with E-state index in [1.165, 1.54) is 39.1 Å². The Morgan fingerprint density at radius 3 is 2.27 bits per heavy atom. The summed E-state index contributed by atoms with van der Waals surface area (Å²) in [4.78, 5) is 7.61. The average molecular weight is 395 g/mol. The summed E-state index contributed by atoms with van der Waals surface area (Å²) in [6.45, 7) is 9.64. The van der Waals surface area contributed by atoms with Gasteiger partial charge >= 0.3 is 0 Å². The lowest BCUT2D eigenvalue weighted by Crippen LogP contribution is -2.30. The standard InChI is InChI=1S/C28H30N2/c1-21-19-30(20-24-11-6-4-7-12-24)18-17-28(21)29-23(3)26-15-10-16-27(22(26)2)25-13-8-5-9-14-25/h4-16H,17-20H2,1-3H3. The van der Waals surface area contributed by atoms with Crippen LogP contribution in [-0.4, -0.2) is 23.7 Å². The number of rotatable bonds is 5. The molecule has 0 amide bonds. The van der Waals surface area contributed by atoms with Crippen LogP contribution in [0.4, 0.5) is 0 Å². The quantitative estimate of drug-likeness (QED) is 0.442. The molecule has 0 bridgehead atoms. The molecule has 2 nitrogen and oxygen atoms in total. The molecule has 152 valence electrons. The van der Waals surface area contributed by atoms with Crippen LogP contribution in [0.15, 0.2) is 95.1 Å². The summed E-state index contributed by atoms with van der Waals surface area (Å²) in [7, 11) is 0. The molecule has 0 atom stereocenters. The minimum absolute atomic E-state index is 0.990. The zero-order valence-electron chi connectivity index (χ0n) is 18.2. The third kappa shape index (κ3) is 4.60. The fraction of sp³-hybridized carbons (Fsp3) is 0.250. The van der Waals surface area contributed by atoms with Gasteiger partial charge < -0.3 is 0 Å². The van der Waals surface area contributed by atoms with Crippen LogP contribution in [0.5, 0.6) is 0 Å². The molecule has 0 saturated carbocycles. The first-order valence-electron chi connectivity index (χ1n) is 10.8. The zero-order chi connectivity index (χ0) is 20.9. The summed E-state index contributed by atoms with van der Waals surface area (Å²) >= 11 is 0. The monoisotopic (exact) mass is 394 g/mol. The highest BCUT2D eigenvalue weighted by atomic mass is 15.1. The molecule has 3 aromatic carbocycles. The Labute approximate surface area is 180 Å². The van der Waals surface area contributed by atoms with Gasteiger partial charge in [-0.1, -0.05) is 78.9 Å². The zero-order valence-corrected chi connectivity index (χ0v) is 18.2. The van der Waals surface area contributed by atoms with Crippen molar-refractivity contribution in [1.82, 2.24) is 4.90 Å². The van der Waals surface area contributed by atoms with Crippen molar-refractivity contribution in [3.8, 4) is 11.1 Å². The summed E-state index contributed by atoms with van der Waals surface area (Å²) in [5.74, 6) is 0. The molecule has 0 spiro atoms. The highest BCUT2D eigenvalue weighted by molar-refractivity contribution is 6.02. The van der Waals surface area contributed by atoms with Gasteiger partial charge in [-0.25, -0.2) is 0 Å². The molecule has 0 fully saturated rings. The smallest absolute Gasteiger partial charge is 0.0451 e. The SMILES string of the molecule is CC(=NC1=C(C)CN(Cc2ccccc2)CC1)c1cccc(-c2ccccc2)c1C. The number of hydrogen-bond acceptors (Lipinski definition) is 2. The maximum absolute atomic E-state index is 5.09. The molecule has 4 rings (SSSR count). The molecule has 0 saturated heterocycles. The lowest BCUT2D eigenvalue weighted by Gasteiger charge is -2.28.